The van der Waals surface area contributed by atoms with Gasteiger partial charge in [-0.1, -0.05) is 12.1 Å². The number of para-hydroxylation sites is 1. The van der Waals surface area contributed by atoms with Gasteiger partial charge in [0, 0.05) is 24.4 Å². The number of amides is 1. The molecule has 0 radical (unpaired) electrons. The average molecular weight is 385 g/mol. The van der Waals surface area contributed by atoms with Gasteiger partial charge in [-0.25, -0.2) is 9.07 Å². The van der Waals surface area contributed by atoms with E-state index in [1.165, 1.54) is 10.7 Å². The largest absolute Gasteiger partial charge is 0.411 e. The minimum atomic E-state index is -4.36. The van der Waals surface area contributed by atoms with Gasteiger partial charge < -0.3 is 10.1 Å². The molecule has 27 heavy (non-hydrogen) atoms. The highest BCUT2D eigenvalue weighted by atomic mass is 19.4. The second-order valence-corrected chi connectivity index (χ2v) is 6.27. The lowest BCUT2D eigenvalue weighted by Gasteiger charge is -2.08. The SMILES string of the molecule is O=C(NCCCOCC(F)(F)F)c1nn(-c2ccccc2F)c2c1CCC2. The molecule has 1 N–H and O–H groups in total. The Morgan fingerprint density at radius 1 is 1.26 bits per heavy atom. The Bertz CT molecular complexity index is 817. The van der Waals surface area contributed by atoms with Crippen LogP contribution in [0.5, 0.6) is 0 Å². The first-order valence-corrected chi connectivity index (χ1v) is 8.65. The van der Waals surface area contributed by atoms with Crippen LogP contribution < -0.4 is 5.32 Å². The first kappa shape index (κ1) is 19.3. The van der Waals surface area contributed by atoms with Gasteiger partial charge in [0.15, 0.2) is 5.69 Å². The van der Waals surface area contributed by atoms with E-state index in [0.29, 0.717) is 12.8 Å². The van der Waals surface area contributed by atoms with Gasteiger partial charge in [0.25, 0.3) is 5.91 Å². The maximum Gasteiger partial charge on any atom is 0.411 e. The molecule has 1 aliphatic rings. The van der Waals surface area contributed by atoms with Gasteiger partial charge in [0.2, 0.25) is 0 Å². The highest BCUT2D eigenvalue weighted by Crippen LogP contribution is 2.28. The summed E-state index contributed by atoms with van der Waals surface area (Å²) in [5, 5.41) is 6.93. The number of alkyl halides is 3. The van der Waals surface area contributed by atoms with Gasteiger partial charge >= 0.3 is 6.18 Å². The number of benzene rings is 1. The molecule has 146 valence electrons. The zero-order chi connectivity index (χ0) is 19.4. The normalized spacial score (nSPS) is 13.6. The highest BCUT2D eigenvalue weighted by Gasteiger charge is 2.28. The number of halogens is 4. The van der Waals surface area contributed by atoms with Crippen molar-refractivity contribution in [1.29, 1.82) is 0 Å². The average Bonchev–Trinajstić information content (AvgIpc) is 3.20. The van der Waals surface area contributed by atoms with Gasteiger partial charge in [0.1, 0.15) is 18.1 Å². The lowest BCUT2D eigenvalue weighted by atomic mass is 10.2. The van der Waals surface area contributed by atoms with Gasteiger partial charge in [-0.15, -0.1) is 0 Å². The van der Waals surface area contributed by atoms with Crippen molar-refractivity contribution in [2.45, 2.75) is 31.9 Å². The molecule has 0 saturated heterocycles. The van der Waals surface area contributed by atoms with Crippen LogP contribution in [-0.2, 0) is 17.6 Å². The van der Waals surface area contributed by atoms with Crippen LogP contribution in [0.15, 0.2) is 24.3 Å². The van der Waals surface area contributed by atoms with Gasteiger partial charge in [0.05, 0.1) is 0 Å². The lowest BCUT2D eigenvalue weighted by Crippen LogP contribution is -2.27. The van der Waals surface area contributed by atoms with Gasteiger partial charge in [-0.05, 0) is 37.8 Å². The summed E-state index contributed by atoms with van der Waals surface area (Å²) in [7, 11) is 0. The molecule has 5 nitrogen and oxygen atoms in total. The molecule has 1 aliphatic carbocycles. The van der Waals surface area contributed by atoms with E-state index in [4.69, 9.17) is 0 Å². The Labute approximate surface area is 153 Å². The molecule has 1 aromatic heterocycles. The number of nitrogens with zero attached hydrogens (tertiary/aromatic N) is 2. The summed E-state index contributed by atoms with van der Waals surface area (Å²) in [6, 6.07) is 6.21. The number of hydrogen-bond donors (Lipinski definition) is 1. The van der Waals surface area contributed by atoms with Crippen LogP contribution in [-0.4, -0.2) is 41.6 Å². The molecule has 2 aromatic rings. The first-order chi connectivity index (χ1) is 12.9. The molecular formula is C18H19F4N3O2. The molecule has 0 spiro atoms. The molecule has 1 amide bonds. The molecular weight excluding hydrogens is 366 g/mol. The summed E-state index contributed by atoms with van der Waals surface area (Å²) < 4.78 is 56.0. The number of nitrogens with one attached hydrogen (secondary N) is 1. The maximum absolute atomic E-state index is 14.1. The first-order valence-electron chi connectivity index (χ1n) is 8.65. The van der Waals surface area contributed by atoms with Crippen molar-refractivity contribution < 1.29 is 27.1 Å². The van der Waals surface area contributed by atoms with Crippen molar-refractivity contribution in [3.8, 4) is 5.69 Å². The smallest absolute Gasteiger partial charge is 0.372 e. The molecule has 0 bridgehead atoms. The summed E-state index contributed by atoms with van der Waals surface area (Å²) in [4.78, 5) is 12.4. The Kier molecular flexibility index (Phi) is 5.79. The summed E-state index contributed by atoms with van der Waals surface area (Å²) in [5.74, 6) is -0.845. The molecule has 0 unspecified atom stereocenters. The Morgan fingerprint density at radius 2 is 2.04 bits per heavy atom. The number of carbonyl (C=O) groups excluding carboxylic acids is 1. The van der Waals surface area contributed by atoms with E-state index in [1.54, 1.807) is 18.2 Å². The van der Waals surface area contributed by atoms with Crippen LogP contribution >= 0.6 is 0 Å². The monoisotopic (exact) mass is 385 g/mol. The Hall–Kier alpha value is -2.42. The number of rotatable bonds is 7. The summed E-state index contributed by atoms with van der Waals surface area (Å²) in [6.07, 6.45) is -1.87. The van der Waals surface area contributed by atoms with Crippen LogP contribution in [0, 0.1) is 5.82 Å². The zero-order valence-corrected chi connectivity index (χ0v) is 14.5. The van der Waals surface area contributed by atoms with Gasteiger partial charge in [-0.2, -0.15) is 18.3 Å². The second-order valence-electron chi connectivity index (χ2n) is 6.27. The van der Waals surface area contributed by atoms with Crippen LogP contribution in [0.25, 0.3) is 5.69 Å². The number of hydrogen-bond acceptors (Lipinski definition) is 3. The van der Waals surface area contributed by atoms with Crippen molar-refractivity contribution in [2.75, 3.05) is 19.8 Å². The fourth-order valence-corrected chi connectivity index (χ4v) is 3.09. The fourth-order valence-electron chi connectivity index (χ4n) is 3.09. The number of carbonyl (C=O) groups is 1. The third-order valence-corrected chi connectivity index (χ3v) is 4.24. The van der Waals surface area contributed by atoms with E-state index < -0.39 is 24.5 Å². The molecule has 0 aliphatic heterocycles. The minimum absolute atomic E-state index is 0.110. The molecule has 0 saturated carbocycles. The number of ether oxygens (including phenoxy) is 1. The van der Waals surface area contributed by atoms with Crippen molar-refractivity contribution in [3.05, 3.63) is 47.0 Å². The second kappa shape index (κ2) is 8.08. The van der Waals surface area contributed by atoms with Crippen LogP contribution in [0.1, 0.15) is 34.6 Å². The summed E-state index contributed by atoms with van der Waals surface area (Å²) in [6.45, 7) is -1.25. The summed E-state index contributed by atoms with van der Waals surface area (Å²) >= 11 is 0. The Morgan fingerprint density at radius 3 is 2.78 bits per heavy atom. The number of aromatic nitrogens is 2. The molecule has 9 heteroatoms. The van der Waals surface area contributed by atoms with Crippen molar-refractivity contribution in [3.63, 3.8) is 0 Å². The van der Waals surface area contributed by atoms with E-state index in [9.17, 15) is 22.4 Å². The topological polar surface area (TPSA) is 56.1 Å². The van der Waals surface area contributed by atoms with E-state index in [1.807, 2.05) is 0 Å². The van der Waals surface area contributed by atoms with Crippen LogP contribution in [0.2, 0.25) is 0 Å². The molecule has 1 aromatic carbocycles. The predicted molar refractivity (Wildman–Crippen MR) is 89.4 cm³/mol. The quantitative estimate of drug-likeness (QED) is 0.588. The van der Waals surface area contributed by atoms with E-state index in [-0.39, 0.29) is 31.0 Å². The third-order valence-electron chi connectivity index (χ3n) is 4.24. The zero-order valence-electron chi connectivity index (χ0n) is 14.5. The molecule has 1 heterocycles. The number of fused-ring (bicyclic) bond motifs is 1. The maximum atomic E-state index is 14.1. The molecule has 0 fully saturated rings. The minimum Gasteiger partial charge on any atom is -0.372 e. The van der Waals surface area contributed by atoms with E-state index in [2.05, 4.69) is 15.2 Å². The third kappa shape index (κ3) is 4.65. The van der Waals surface area contributed by atoms with Crippen LogP contribution in [0.4, 0.5) is 17.6 Å². The molecule has 3 rings (SSSR count). The highest BCUT2D eigenvalue weighted by molar-refractivity contribution is 5.94. The summed E-state index contributed by atoms with van der Waals surface area (Å²) in [5.41, 5.74) is 2.14. The van der Waals surface area contributed by atoms with E-state index >= 15 is 0 Å². The standard InChI is InChI=1S/C18H19F4N3O2/c19-13-6-1-2-7-15(13)25-14-8-3-5-12(14)16(24-25)17(26)23-9-4-10-27-11-18(20,21)22/h1-2,6-7H,3-5,8-11H2,(H,23,26). The fraction of sp³-hybridized carbons (Fsp3) is 0.444. The van der Waals surface area contributed by atoms with Crippen molar-refractivity contribution in [2.24, 2.45) is 0 Å². The van der Waals surface area contributed by atoms with E-state index in [0.717, 1.165) is 17.7 Å². The van der Waals surface area contributed by atoms with Crippen molar-refractivity contribution >= 4 is 5.91 Å². The van der Waals surface area contributed by atoms with Crippen molar-refractivity contribution in [1.82, 2.24) is 15.1 Å². The Balaban J connectivity index is 1.63. The molecule has 0 atom stereocenters. The van der Waals surface area contributed by atoms with Gasteiger partial charge in [-0.3, -0.25) is 4.79 Å². The predicted octanol–water partition coefficient (Wildman–Crippen LogP) is 3.20. The lowest BCUT2D eigenvalue weighted by molar-refractivity contribution is -0.173. The van der Waals surface area contributed by atoms with Crippen LogP contribution in [0.3, 0.4) is 0 Å².